The number of aromatic nitrogens is 4. The number of hydrogen-bond acceptors (Lipinski definition) is 8. The number of nitrogens with one attached hydrogen (secondary N) is 2. The van der Waals surface area contributed by atoms with Gasteiger partial charge >= 0.3 is 5.97 Å². The van der Waals surface area contributed by atoms with Gasteiger partial charge in [-0.25, -0.2) is 9.89 Å². The first-order valence-corrected chi connectivity index (χ1v) is 10.4. The minimum atomic E-state index is -1.08. The molecule has 0 saturated heterocycles. The largest absolute Gasteiger partial charge is 0.508 e. The van der Waals surface area contributed by atoms with Crippen LogP contribution < -0.4 is 10.1 Å². The van der Waals surface area contributed by atoms with E-state index in [0.717, 1.165) is 4.90 Å². The van der Waals surface area contributed by atoms with Crippen LogP contribution in [0.25, 0.3) is 11.4 Å². The molecule has 3 aromatic carbocycles. The number of aliphatic carboxylic acids is 1. The lowest BCUT2D eigenvalue weighted by molar-refractivity contribution is -0.139. The van der Waals surface area contributed by atoms with E-state index in [-0.39, 0.29) is 11.7 Å². The Balaban J connectivity index is 1.54. The maximum absolute atomic E-state index is 12.8. The fourth-order valence-corrected chi connectivity index (χ4v) is 3.95. The van der Waals surface area contributed by atoms with Crippen LogP contribution in [-0.2, 0) is 4.79 Å². The van der Waals surface area contributed by atoms with Gasteiger partial charge in [0.05, 0.1) is 5.69 Å². The number of aromatic hydroxyl groups is 1. The molecule has 0 aliphatic rings. The van der Waals surface area contributed by atoms with Gasteiger partial charge in [-0.3, -0.25) is 4.79 Å². The zero-order valence-corrected chi connectivity index (χ0v) is 17.7. The van der Waals surface area contributed by atoms with Crippen molar-refractivity contribution in [3.63, 3.8) is 0 Å². The highest BCUT2D eigenvalue weighted by Gasteiger charge is 2.15. The Bertz CT molecular complexity index is 1280. The maximum Gasteiger partial charge on any atom is 0.341 e. The molecule has 1 heterocycles. The number of carbonyl (C=O) groups excluding carboxylic acids is 1. The molecule has 1 amide bonds. The van der Waals surface area contributed by atoms with E-state index in [1.165, 1.54) is 23.9 Å². The van der Waals surface area contributed by atoms with Crippen molar-refractivity contribution in [3.05, 3.63) is 72.3 Å². The van der Waals surface area contributed by atoms with Crippen molar-refractivity contribution in [2.45, 2.75) is 9.79 Å². The highest BCUT2D eigenvalue weighted by molar-refractivity contribution is 7.99. The average molecular weight is 463 g/mol. The van der Waals surface area contributed by atoms with E-state index >= 15 is 0 Å². The number of ether oxygens (including phenoxy) is 1. The van der Waals surface area contributed by atoms with Gasteiger partial charge < -0.3 is 20.3 Å². The monoisotopic (exact) mass is 463 g/mol. The molecule has 1 aromatic heterocycles. The zero-order valence-electron chi connectivity index (χ0n) is 16.9. The fourth-order valence-electron chi connectivity index (χ4n) is 2.88. The van der Waals surface area contributed by atoms with Crippen LogP contribution >= 0.6 is 11.8 Å². The molecule has 0 spiro atoms. The predicted molar refractivity (Wildman–Crippen MR) is 119 cm³/mol. The fraction of sp³-hybridized carbons (Fsp3) is 0.0455. The SMILES string of the molecule is O=C(O)COc1ccc(C(=O)Nc2ccccc2Sc2cc(O)ccc2-c2nnn[nH]2)cc1. The molecule has 0 atom stereocenters. The number of phenolic OH excluding ortho intramolecular Hbond substituents is 1. The summed E-state index contributed by atoms with van der Waals surface area (Å²) in [6.45, 7) is -0.461. The number of tetrazole rings is 1. The summed E-state index contributed by atoms with van der Waals surface area (Å²) in [6, 6.07) is 18.2. The molecule has 4 rings (SSSR count). The predicted octanol–water partition coefficient (Wildman–Crippen LogP) is 3.44. The smallest absolute Gasteiger partial charge is 0.341 e. The zero-order chi connectivity index (χ0) is 23.2. The maximum atomic E-state index is 12.8. The second-order valence-corrected chi connectivity index (χ2v) is 7.77. The van der Waals surface area contributed by atoms with Crippen molar-refractivity contribution in [1.29, 1.82) is 0 Å². The normalized spacial score (nSPS) is 10.5. The number of carboxylic acid groups (broad SMARTS) is 1. The number of rotatable bonds is 8. The van der Waals surface area contributed by atoms with Gasteiger partial charge in [-0.05, 0) is 65.0 Å². The summed E-state index contributed by atoms with van der Waals surface area (Å²) < 4.78 is 5.09. The molecular formula is C22H17N5O5S. The number of anilines is 1. The van der Waals surface area contributed by atoms with Gasteiger partial charge in [0.25, 0.3) is 5.91 Å². The lowest BCUT2D eigenvalue weighted by Crippen LogP contribution is -2.13. The Morgan fingerprint density at radius 1 is 1.03 bits per heavy atom. The molecule has 0 fully saturated rings. The van der Waals surface area contributed by atoms with Gasteiger partial charge in [-0.15, -0.1) is 5.10 Å². The highest BCUT2D eigenvalue weighted by Crippen LogP contribution is 2.39. The molecule has 11 heteroatoms. The van der Waals surface area contributed by atoms with Crippen molar-refractivity contribution >= 4 is 29.3 Å². The van der Waals surface area contributed by atoms with E-state index in [1.54, 1.807) is 42.5 Å². The average Bonchev–Trinajstić information content (AvgIpc) is 3.34. The Kier molecular flexibility index (Phi) is 6.51. The second kappa shape index (κ2) is 9.83. The Hall–Kier alpha value is -4.38. The standard InChI is InChI=1S/C22H17N5O5S/c28-14-7-10-16(21-24-26-27-25-21)19(11-14)33-18-4-2-1-3-17(18)23-22(31)13-5-8-15(9-6-13)32-12-20(29)30/h1-11,28H,12H2,(H,23,31)(H,29,30)(H,24,25,26,27). The number of carboxylic acids is 1. The van der Waals surface area contributed by atoms with Crippen molar-refractivity contribution < 1.29 is 24.5 Å². The molecule has 0 aliphatic carbocycles. The quantitative estimate of drug-likeness (QED) is 0.308. The summed E-state index contributed by atoms with van der Waals surface area (Å²) in [6.07, 6.45) is 0. The third kappa shape index (κ3) is 5.46. The van der Waals surface area contributed by atoms with Crippen molar-refractivity contribution in [2.24, 2.45) is 0 Å². The van der Waals surface area contributed by atoms with E-state index in [0.29, 0.717) is 33.3 Å². The third-order valence-corrected chi connectivity index (χ3v) is 5.53. The van der Waals surface area contributed by atoms with E-state index in [4.69, 9.17) is 9.84 Å². The minimum absolute atomic E-state index is 0.0837. The Morgan fingerprint density at radius 3 is 2.55 bits per heavy atom. The van der Waals surface area contributed by atoms with E-state index < -0.39 is 12.6 Å². The van der Waals surface area contributed by atoms with Crippen LogP contribution in [0.15, 0.2) is 76.5 Å². The molecule has 33 heavy (non-hydrogen) atoms. The van der Waals surface area contributed by atoms with Crippen molar-refractivity contribution in [3.8, 4) is 22.9 Å². The summed E-state index contributed by atoms with van der Waals surface area (Å²) in [5, 5.41) is 35.4. The van der Waals surface area contributed by atoms with E-state index in [1.807, 2.05) is 12.1 Å². The number of benzene rings is 3. The molecule has 0 radical (unpaired) electrons. The van der Waals surface area contributed by atoms with E-state index in [2.05, 4.69) is 25.9 Å². The van der Waals surface area contributed by atoms with Gasteiger partial charge in [-0.1, -0.05) is 23.9 Å². The lowest BCUT2D eigenvalue weighted by Gasteiger charge is -2.13. The van der Waals surface area contributed by atoms with Crippen LogP contribution in [0.1, 0.15) is 10.4 Å². The molecule has 4 aromatic rings. The molecule has 0 unspecified atom stereocenters. The van der Waals surface area contributed by atoms with Crippen LogP contribution in [-0.4, -0.2) is 49.3 Å². The number of H-pyrrole nitrogens is 1. The first-order chi connectivity index (χ1) is 16.0. The second-order valence-electron chi connectivity index (χ2n) is 6.69. The summed E-state index contributed by atoms with van der Waals surface area (Å²) in [5.41, 5.74) is 1.65. The van der Waals surface area contributed by atoms with Crippen LogP contribution in [0.4, 0.5) is 5.69 Å². The number of hydrogen-bond donors (Lipinski definition) is 4. The summed E-state index contributed by atoms with van der Waals surface area (Å²) in [7, 11) is 0. The van der Waals surface area contributed by atoms with Crippen LogP contribution in [0.5, 0.6) is 11.5 Å². The third-order valence-electron chi connectivity index (χ3n) is 4.40. The van der Waals surface area contributed by atoms with Crippen LogP contribution in [0.3, 0.4) is 0 Å². The summed E-state index contributed by atoms with van der Waals surface area (Å²) >= 11 is 1.34. The first kappa shape index (κ1) is 21.8. The summed E-state index contributed by atoms with van der Waals surface area (Å²) in [4.78, 5) is 24.8. The van der Waals surface area contributed by atoms with Crippen molar-refractivity contribution in [1.82, 2.24) is 20.6 Å². The number of amides is 1. The van der Waals surface area contributed by atoms with Crippen LogP contribution in [0, 0.1) is 0 Å². The van der Waals surface area contributed by atoms with Crippen molar-refractivity contribution in [2.75, 3.05) is 11.9 Å². The molecule has 0 saturated carbocycles. The van der Waals surface area contributed by atoms with Gasteiger partial charge in [0.1, 0.15) is 11.5 Å². The minimum Gasteiger partial charge on any atom is -0.508 e. The Morgan fingerprint density at radius 2 is 1.82 bits per heavy atom. The van der Waals surface area contributed by atoms with Crippen LogP contribution in [0.2, 0.25) is 0 Å². The number of nitrogens with zero attached hydrogens (tertiary/aromatic N) is 3. The Labute approximate surface area is 191 Å². The number of carbonyl (C=O) groups is 2. The summed E-state index contributed by atoms with van der Waals surface area (Å²) in [5.74, 6) is -0.545. The lowest BCUT2D eigenvalue weighted by atomic mass is 10.2. The van der Waals surface area contributed by atoms with Gasteiger partial charge in [0.2, 0.25) is 0 Å². The van der Waals surface area contributed by atoms with E-state index in [9.17, 15) is 14.7 Å². The number of aromatic amines is 1. The van der Waals surface area contributed by atoms with Gasteiger partial charge in [0, 0.05) is 20.9 Å². The topological polar surface area (TPSA) is 150 Å². The van der Waals surface area contributed by atoms with Gasteiger partial charge in [-0.2, -0.15) is 0 Å². The molecule has 0 aliphatic heterocycles. The first-order valence-electron chi connectivity index (χ1n) is 9.59. The number of para-hydroxylation sites is 1. The molecule has 0 bridgehead atoms. The number of phenols is 1. The molecular weight excluding hydrogens is 446 g/mol. The molecule has 10 nitrogen and oxygen atoms in total. The molecule has 166 valence electrons. The van der Waals surface area contributed by atoms with Gasteiger partial charge in [0.15, 0.2) is 12.4 Å². The highest BCUT2D eigenvalue weighted by atomic mass is 32.2. The molecule has 4 N–H and O–H groups in total.